The molecule has 0 aliphatic heterocycles. The quantitative estimate of drug-likeness (QED) is 0.810. The topological polar surface area (TPSA) is 81.4 Å². The zero-order valence-electron chi connectivity index (χ0n) is 10.4. The summed E-state index contributed by atoms with van der Waals surface area (Å²) in [5.74, 6) is -0.686. The lowest BCUT2D eigenvalue weighted by molar-refractivity contribution is -0.117. The van der Waals surface area contributed by atoms with E-state index in [-0.39, 0.29) is 5.91 Å². The molecule has 0 bridgehead atoms. The van der Waals surface area contributed by atoms with Crippen molar-refractivity contribution in [3.05, 3.63) is 16.0 Å². The zero-order chi connectivity index (χ0) is 13.3. The predicted octanol–water partition coefficient (Wildman–Crippen LogP) is 1.31. The Bertz CT molecular complexity index is 494. The van der Waals surface area contributed by atoms with E-state index in [0.717, 1.165) is 29.7 Å². The molecule has 2 rings (SSSR count). The fourth-order valence-electron chi connectivity index (χ4n) is 2.04. The molecule has 0 aromatic carbocycles. The molecule has 0 radical (unpaired) electrons. The van der Waals surface area contributed by atoms with Crippen molar-refractivity contribution in [2.45, 2.75) is 32.2 Å². The Morgan fingerprint density at radius 1 is 1.44 bits per heavy atom. The van der Waals surface area contributed by atoms with Crippen LogP contribution in [0.4, 0.5) is 5.00 Å². The molecule has 1 aliphatic rings. The van der Waals surface area contributed by atoms with Gasteiger partial charge >= 0.3 is 5.97 Å². The van der Waals surface area contributed by atoms with Crippen molar-refractivity contribution in [2.75, 3.05) is 12.4 Å². The van der Waals surface area contributed by atoms with Gasteiger partial charge in [0.1, 0.15) is 5.00 Å². The highest BCUT2D eigenvalue weighted by atomic mass is 32.1. The SMILES string of the molecule is COC(=O)c1c(NC(=O)[C@@H](C)N)sc2c1CCC2. The number of esters is 1. The van der Waals surface area contributed by atoms with Crippen LogP contribution >= 0.6 is 11.3 Å². The van der Waals surface area contributed by atoms with Crippen molar-refractivity contribution in [3.8, 4) is 0 Å². The molecule has 1 amide bonds. The van der Waals surface area contributed by atoms with Crippen molar-refractivity contribution in [3.63, 3.8) is 0 Å². The van der Waals surface area contributed by atoms with Crippen molar-refractivity contribution in [1.82, 2.24) is 0 Å². The first-order chi connectivity index (χ1) is 8.54. The van der Waals surface area contributed by atoms with Gasteiger partial charge in [0.15, 0.2) is 0 Å². The van der Waals surface area contributed by atoms with Crippen LogP contribution < -0.4 is 11.1 Å². The number of carbonyl (C=O) groups excluding carboxylic acids is 2. The Morgan fingerprint density at radius 2 is 2.17 bits per heavy atom. The third-order valence-corrected chi connectivity index (χ3v) is 4.17. The maximum Gasteiger partial charge on any atom is 0.341 e. The number of nitrogens with two attached hydrogens (primary N) is 1. The van der Waals surface area contributed by atoms with E-state index in [4.69, 9.17) is 10.5 Å². The van der Waals surface area contributed by atoms with Gasteiger partial charge in [0, 0.05) is 4.88 Å². The smallest absolute Gasteiger partial charge is 0.341 e. The van der Waals surface area contributed by atoms with Crippen LogP contribution in [0.15, 0.2) is 0 Å². The molecular weight excluding hydrogens is 252 g/mol. The van der Waals surface area contributed by atoms with Crippen LogP contribution in [0.1, 0.15) is 34.1 Å². The molecule has 6 heteroatoms. The van der Waals surface area contributed by atoms with Crippen LogP contribution in [-0.4, -0.2) is 25.0 Å². The van der Waals surface area contributed by atoms with Crippen molar-refractivity contribution in [2.24, 2.45) is 5.73 Å². The molecule has 98 valence electrons. The Morgan fingerprint density at radius 3 is 2.78 bits per heavy atom. The summed E-state index contributed by atoms with van der Waals surface area (Å²) in [7, 11) is 1.35. The Kier molecular flexibility index (Phi) is 3.68. The van der Waals surface area contributed by atoms with Gasteiger partial charge in [-0.15, -0.1) is 11.3 Å². The number of anilines is 1. The molecule has 5 nitrogen and oxygen atoms in total. The van der Waals surface area contributed by atoms with Crippen LogP contribution in [0.3, 0.4) is 0 Å². The van der Waals surface area contributed by atoms with Gasteiger partial charge in [-0.3, -0.25) is 4.79 Å². The van der Waals surface area contributed by atoms with Crippen LogP contribution in [0.5, 0.6) is 0 Å². The van der Waals surface area contributed by atoms with Crippen LogP contribution in [-0.2, 0) is 22.4 Å². The lowest BCUT2D eigenvalue weighted by Gasteiger charge is -2.08. The van der Waals surface area contributed by atoms with E-state index in [1.165, 1.54) is 18.4 Å². The summed E-state index contributed by atoms with van der Waals surface area (Å²) >= 11 is 1.45. The molecule has 1 atom stereocenters. The number of aryl methyl sites for hydroxylation is 1. The minimum Gasteiger partial charge on any atom is -0.465 e. The number of rotatable bonds is 3. The van der Waals surface area contributed by atoms with Gasteiger partial charge in [-0.25, -0.2) is 4.79 Å². The van der Waals surface area contributed by atoms with E-state index >= 15 is 0 Å². The molecule has 0 saturated carbocycles. The lowest BCUT2D eigenvalue weighted by atomic mass is 10.1. The van der Waals surface area contributed by atoms with Crippen LogP contribution in [0, 0.1) is 0 Å². The lowest BCUT2D eigenvalue weighted by Crippen LogP contribution is -2.32. The van der Waals surface area contributed by atoms with Gasteiger partial charge in [-0.2, -0.15) is 0 Å². The van der Waals surface area contributed by atoms with Gasteiger partial charge in [0.05, 0.1) is 18.7 Å². The van der Waals surface area contributed by atoms with E-state index in [1.807, 2.05) is 0 Å². The van der Waals surface area contributed by atoms with Gasteiger partial charge in [-0.05, 0) is 31.7 Å². The van der Waals surface area contributed by atoms with Crippen LogP contribution in [0.2, 0.25) is 0 Å². The summed E-state index contributed by atoms with van der Waals surface area (Å²) in [6.07, 6.45) is 2.87. The molecule has 1 aromatic heterocycles. The second-order valence-corrected chi connectivity index (χ2v) is 5.44. The molecule has 1 heterocycles. The Balaban J connectivity index is 2.35. The summed E-state index contributed by atoms with van der Waals surface area (Å²) < 4.78 is 4.79. The van der Waals surface area contributed by atoms with Gasteiger partial charge in [-0.1, -0.05) is 0 Å². The normalized spacial score (nSPS) is 15.1. The van der Waals surface area contributed by atoms with E-state index in [9.17, 15) is 9.59 Å². The molecular formula is C12H16N2O3S. The first-order valence-corrected chi connectivity index (χ1v) is 6.65. The maximum absolute atomic E-state index is 11.8. The number of thiophene rings is 1. The molecule has 1 aromatic rings. The summed E-state index contributed by atoms with van der Waals surface area (Å²) in [4.78, 5) is 24.6. The molecule has 0 fully saturated rings. The van der Waals surface area contributed by atoms with Crippen molar-refractivity contribution >= 4 is 28.2 Å². The fourth-order valence-corrected chi connectivity index (χ4v) is 3.32. The van der Waals surface area contributed by atoms with E-state index in [1.54, 1.807) is 6.92 Å². The first kappa shape index (κ1) is 13.0. The molecule has 0 saturated heterocycles. The summed E-state index contributed by atoms with van der Waals surface area (Å²) in [5.41, 5.74) is 7.03. The number of hydrogen-bond acceptors (Lipinski definition) is 5. The summed E-state index contributed by atoms with van der Waals surface area (Å²) in [5, 5.41) is 3.27. The van der Waals surface area contributed by atoms with Gasteiger partial charge in [0.25, 0.3) is 0 Å². The zero-order valence-corrected chi connectivity index (χ0v) is 11.2. The second kappa shape index (κ2) is 5.07. The third kappa shape index (κ3) is 2.26. The average Bonchev–Trinajstić information content (AvgIpc) is 2.87. The summed E-state index contributed by atoms with van der Waals surface area (Å²) in [6.45, 7) is 1.61. The van der Waals surface area contributed by atoms with E-state index in [2.05, 4.69) is 5.32 Å². The highest BCUT2D eigenvalue weighted by Crippen LogP contribution is 2.39. The number of methoxy groups -OCH3 is 1. The highest BCUT2D eigenvalue weighted by molar-refractivity contribution is 7.17. The van der Waals surface area contributed by atoms with E-state index in [0.29, 0.717) is 10.6 Å². The standard InChI is InChI=1S/C12H16N2O3S/c1-6(13)10(15)14-11-9(12(16)17-2)7-4-3-5-8(7)18-11/h6H,3-5,13H2,1-2H3,(H,14,15)/t6-/m1/s1. The highest BCUT2D eigenvalue weighted by Gasteiger charge is 2.28. The maximum atomic E-state index is 11.8. The molecule has 0 unspecified atom stereocenters. The van der Waals surface area contributed by atoms with Gasteiger partial charge in [0.2, 0.25) is 5.91 Å². The molecule has 3 N–H and O–H groups in total. The van der Waals surface area contributed by atoms with Crippen molar-refractivity contribution in [1.29, 1.82) is 0 Å². The molecule has 1 aliphatic carbocycles. The Hall–Kier alpha value is -1.40. The number of amides is 1. The van der Waals surface area contributed by atoms with Gasteiger partial charge < -0.3 is 15.8 Å². The predicted molar refractivity (Wildman–Crippen MR) is 70.0 cm³/mol. The monoisotopic (exact) mass is 268 g/mol. The van der Waals surface area contributed by atoms with Crippen LogP contribution in [0.25, 0.3) is 0 Å². The van der Waals surface area contributed by atoms with E-state index < -0.39 is 12.0 Å². The van der Waals surface area contributed by atoms with Crippen molar-refractivity contribution < 1.29 is 14.3 Å². The number of fused-ring (bicyclic) bond motifs is 1. The first-order valence-electron chi connectivity index (χ1n) is 5.84. The Labute approximate surface area is 109 Å². The average molecular weight is 268 g/mol. The number of carbonyl (C=O) groups is 2. The number of hydrogen-bond donors (Lipinski definition) is 2. The summed E-state index contributed by atoms with van der Waals surface area (Å²) in [6, 6.07) is -0.604. The molecule has 18 heavy (non-hydrogen) atoms. The third-order valence-electron chi connectivity index (χ3n) is 2.96. The molecule has 0 spiro atoms. The second-order valence-electron chi connectivity index (χ2n) is 4.33. The minimum absolute atomic E-state index is 0.292. The number of ether oxygens (including phenoxy) is 1. The minimum atomic E-state index is -0.604. The fraction of sp³-hybridized carbons (Fsp3) is 0.500. The number of nitrogens with one attached hydrogen (secondary N) is 1. The largest absolute Gasteiger partial charge is 0.465 e.